The quantitative estimate of drug-likeness (QED) is 0.769. The first-order valence-electron chi connectivity index (χ1n) is 6.62. The van der Waals surface area contributed by atoms with Crippen LogP contribution in [0.25, 0.3) is 0 Å². The van der Waals surface area contributed by atoms with Crippen molar-refractivity contribution in [1.82, 2.24) is 5.32 Å². The van der Waals surface area contributed by atoms with E-state index in [1.54, 1.807) is 6.07 Å². The summed E-state index contributed by atoms with van der Waals surface area (Å²) in [4.78, 5) is 22.6. The molecule has 0 radical (unpaired) electrons. The fourth-order valence-electron chi connectivity index (χ4n) is 2.31. The van der Waals surface area contributed by atoms with Gasteiger partial charge < -0.3 is 15.7 Å². The highest BCUT2D eigenvalue weighted by molar-refractivity contribution is 9.10. The lowest BCUT2D eigenvalue weighted by Crippen LogP contribution is -2.34. The second-order valence-corrected chi connectivity index (χ2v) is 5.76. The number of carboxylic acids is 1. The van der Waals surface area contributed by atoms with Gasteiger partial charge in [-0.2, -0.15) is 0 Å². The Labute approximate surface area is 125 Å². The largest absolute Gasteiger partial charge is 0.478 e. The van der Waals surface area contributed by atoms with Crippen LogP contribution < -0.4 is 10.6 Å². The van der Waals surface area contributed by atoms with Crippen molar-refractivity contribution in [1.29, 1.82) is 0 Å². The van der Waals surface area contributed by atoms with Crippen molar-refractivity contribution in [3.8, 4) is 0 Å². The second-order valence-electron chi connectivity index (χ2n) is 4.91. The molecule has 0 spiro atoms. The molecule has 1 aromatic carbocycles. The third-order valence-electron chi connectivity index (χ3n) is 3.40. The van der Waals surface area contributed by atoms with Gasteiger partial charge in [0.15, 0.2) is 0 Å². The third-order valence-corrected chi connectivity index (χ3v) is 4.05. The number of nitrogens with one attached hydrogen (secondary N) is 2. The number of aromatic carboxylic acids is 1. The number of rotatable bonds is 5. The van der Waals surface area contributed by atoms with Crippen molar-refractivity contribution in [2.45, 2.75) is 31.7 Å². The molecule has 1 aromatic rings. The summed E-state index contributed by atoms with van der Waals surface area (Å²) in [5.41, 5.74) is 0.757. The van der Waals surface area contributed by atoms with Gasteiger partial charge in [0.1, 0.15) is 0 Å². The van der Waals surface area contributed by atoms with E-state index < -0.39 is 5.97 Å². The molecule has 0 bridgehead atoms. The van der Waals surface area contributed by atoms with E-state index in [1.165, 1.54) is 25.0 Å². The summed E-state index contributed by atoms with van der Waals surface area (Å²) >= 11 is 3.26. The highest BCUT2D eigenvalue weighted by atomic mass is 79.9. The van der Waals surface area contributed by atoms with Crippen LogP contribution in [0.3, 0.4) is 0 Å². The fourth-order valence-corrected chi connectivity index (χ4v) is 2.79. The van der Waals surface area contributed by atoms with E-state index in [-0.39, 0.29) is 18.0 Å². The number of carbonyl (C=O) groups is 2. The number of hydrogen-bond acceptors (Lipinski definition) is 3. The van der Waals surface area contributed by atoms with Crippen LogP contribution in [-0.4, -0.2) is 29.6 Å². The lowest BCUT2D eigenvalue weighted by Gasteiger charge is -2.12. The van der Waals surface area contributed by atoms with Gasteiger partial charge in [-0.05, 0) is 47.0 Å². The molecule has 1 aliphatic carbocycles. The fraction of sp³-hybridized carbons (Fsp3) is 0.429. The summed E-state index contributed by atoms with van der Waals surface area (Å²) in [6.45, 7) is 0.276. The van der Waals surface area contributed by atoms with Crippen LogP contribution in [0.2, 0.25) is 0 Å². The highest BCUT2D eigenvalue weighted by Gasteiger charge is 2.15. The number of carboxylic acid groups (broad SMARTS) is 1. The number of halogens is 1. The maximum absolute atomic E-state index is 11.8. The Morgan fingerprint density at radius 2 is 2.00 bits per heavy atom. The topological polar surface area (TPSA) is 78.4 Å². The van der Waals surface area contributed by atoms with Gasteiger partial charge in [-0.1, -0.05) is 12.8 Å². The molecule has 1 amide bonds. The molecule has 0 heterocycles. The SMILES string of the molecule is O=C(CNC1CCCC1)Nc1ccc(C(=O)O)cc1Br. The van der Waals surface area contributed by atoms with Crippen LogP contribution in [0.1, 0.15) is 36.0 Å². The Morgan fingerprint density at radius 1 is 1.30 bits per heavy atom. The van der Waals surface area contributed by atoms with Crippen molar-refractivity contribution >= 4 is 33.5 Å². The lowest BCUT2D eigenvalue weighted by atomic mass is 10.2. The molecule has 0 aliphatic heterocycles. The first-order valence-corrected chi connectivity index (χ1v) is 7.41. The Hall–Kier alpha value is -1.40. The van der Waals surface area contributed by atoms with E-state index in [0.29, 0.717) is 16.2 Å². The summed E-state index contributed by atoms with van der Waals surface area (Å²) in [6, 6.07) is 4.97. The molecular formula is C14H17BrN2O3. The summed E-state index contributed by atoms with van der Waals surface area (Å²) in [5, 5.41) is 14.9. The van der Waals surface area contributed by atoms with E-state index in [1.807, 2.05) is 0 Å². The molecular weight excluding hydrogens is 324 g/mol. The predicted octanol–water partition coefficient (Wildman–Crippen LogP) is 2.62. The Kier molecular flexibility index (Phi) is 5.14. The van der Waals surface area contributed by atoms with E-state index >= 15 is 0 Å². The van der Waals surface area contributed by atoms with Gasteiger partial charge in [0.05, 0.1) is 17.8 Å². The molecule has 1 saturated carbocycles. The Morgan fingerprint density at radius 3 is 2.60 bits per heavy atom. The van der Waals surface area contributed by atoms with Gasteiger partial charge in [0.25, 0.3) is 0 Å². The second kappa shape index (κ2) is 6.85. The van der Waals surface area contributed by atoms with E-state index in [0.717, 1.165) is 12.8 Å². The predicted molar refractivity (Wildman–Crippen MR) is 80.0 cm³/mol. The highest BCUT2D eigenvalue weighted by Crippen LogP contribution is 2.23. The zero-order valence-corrected chi connectivity index (χ0v) is 12.6. The molecule has 0 atom stereocenters. The van der Waals surface area contributed by atoms with Gasteiger partial charge in [-0.3, -0.25) is 4.79 Å². The average molecular weight is 341 g/mol. The minimum atomic E-state index is -0.994. The minimum absolute atomic E-state index is 0.124. The third kappa shape index (κ3) is 4.05. The molecule has 5 nitrogen and oxygen atoms in total. The van der Waals surface area contributed by atoms with E-state index in [2.05, 4.69) is 26.6 Å². The molecule has 3 N–H and O–H groups in total. The smallest absolute Gasteiger partial charge is 0.335 e. The Bertz CT molecular complexity index is 513. The van der Waals surface area contributed by atoms with Crippen molar-refractivity contribution in [3.05, 3.63) is 28.2 Å². The molecule has 0 saturated heterocycles. The number of anilines is 1. The van der Waals surface area contributed by atoms with Crippen molar-refractivity contribution in [2.75, 3.05) is 11.9 Å². The van der Waals surface area contributed by atoms with E-state index in [4.69, 9.17) is 5.11 Å². The van der Waals surface area contributed by atoms with Gasteiger partial charge in [-0.25, -0.2) is 4.79 Å². The summed E-state index contributed by atoms with van der Waals surface area (Å²) in [7, 11) is 0. The molecule has 2 rings (SSSR count). The van der Waals surface area contributed by atoms with Crippen molar-refractivity contribution in [3.63, 3.8) is 0 Å². The van der Waals surface area contributed by atoms with Gasteiger partial charge >= 0.3 is 5.97 Å². The molecule has 20 heavy (non-hydrogen) atoms. The monoisotopic (exact) mass is 340 g/mol. The number of hydrogen-bond donors (Lipinski definition) is 3. The number of carbonyl (C=O) groups excluding carboxylic acids is 1. The van der Waals surface area contributed by atoms with E-state index in [9.17, 15) is 9.59 Å². The van der Waals surface area contributed by atoms with Gasteiger partial charge in [0, 0.05) is 10.5 Å². The van der Waals surface area contributed by atoms with Gasteiger partial charge in [-0.15, -0.1) is 0 Å². The number of amides is 1. The molecule has 1 aliphatic rings. The summed E-state index contributed by atoms with van der Waals surface area (Å²) < 4.78 is 0.562. The maximum atomic E-state index is 11.8. The maximum Gasteiger partial charge on any atom is 0.335 e. The molecule has 1 fully saturated rings. The van der Waals surface area contributed by atoms with Crippen LogP contribution in [0, 0.1) is 0 Å². The minimum Gasteiger partial charge on any atom is -0.478 e. The molecule has 0 aromatic heterocycles. The zero-order valence-electron chi connectivity index (χ0n) is 11.0. The number of benzene rings is 1. The Balaban J connectivity index is 1.88. The zero-order chi connectivity index (χ0) is 14.5. The van der Waals surface area contributed by atoms with Crippen molar-refractivity contribution in [2.24, 2.45) is 0 Å². The van der Waals surface area contributed by atoms with Crippen molar-refractivity contribution < 1.29 is 14.7 Å². The first kappa shape index (κ1) is 15.0. The van der Waals surface area contributed by atoms with Crippen LogP contribution in [0.4, 0.5) is 5.69 Å². The van der Waals surface area contributed by atoms with Crippen LogP contribution in [0.5, 0.6) is 0 Å². The molecule has 0 unspecified atom stereocenters. The van der Waals surface area contributed by atoms with Crippen LogP contribution in [-0.2, 0) is 4.79 Å². The molecule has 108 valence electrons. The lowest BCUT2D eigenvalue weighted by molar-refractivity contribution is -0.115. The molecule has 6 heteroatoms. The normalized spacial score (nSPS) is 15.2. The first-order chi connectivity index (χ1) is 9.56. The average Bonchev–Trinajstić information content (AvgIpc) is 2.91. The van der Waals surface area contributed by atoms with Crippen LogP contribution >= 0.6 is 15.9 Å². The van der Waals surface area contributed by atoms with Crippen LogP contribution in [0.15, 0.2) is 22.7 Å². The summed E-state index contributed by atoms with van der Waals surface area (Å²) in [6.07, 6.45) is 4.71. The van der Waals surface area contributed by atoms with Gasteiger partial charge in [0.2, 0.25) is 5.91 Å². The standard InChI is InChI=1S/C14H17BrN2O3/c15-11-7-9(14(19)20)5-6-12(11)17-13(18)8-16-10-3-1-2-4-10/h5-7,10,16H,1-4,8H2,(H,17,18)(H,19,20). The summed E-state index contributed by atoms with van der Waals surface area (Å²) in [5.74, 6) is -1.12.